The molecule has 52 heavy (non-hydrogen) atoms. The first-order chi connectivity index (χ1) is 25.8. The zero-order valence-corrected chi connectivity index (χ0v) is 29.2. The van der Waals surface area contributed by atoms with Crippen LogP contribution in [0.25, 0.3) is 75.1 Å². The van der Waals surface area contributed by atoms with E-state index in [2.05, 4.69) is 205 Å². The zero-order valence-electron chi connectivity index (χ0n) is 28.4. The van der Waals surface area contributed by atoms with Crippen LogP contribution in [-0.2, 0) is 0 Å². The smallest absolute Gasteiger partial charge is 0.0555 e. The molecule has 0 atom stereocenters. The van der Waals surface area contributed by atoms with E-state index < -0.39 is 0 Å². The van der Waals surface area contributed by atoms with Crippen molar-refractivity contribution in [2.45, 2.75) is 0 Å². The first-order valence-electron chi connectivity index (χ1n) is 17.8. The van der Waals surface area contributed by atoms with Crippen molar-refractivity contribution in [3.8, 4) is 33.4 Å². The lowest BCUT2D eigenvalue weighted by Crippen LogP contribution is -2.11. The third-order valence-electron chi connectivity index (χ3n) is 10.2. The Morgan fingerprint density at radius 2 is 0.885 bits per heavy atom. The fraction of sp³-hybridized carbons (Fsp3) is 0. The molecule has 0 unspecified atom stereocenters. The summed E-state index contributed by atoms with van der Waals surface area (Å²) in [5.41, 5.74) is 10.7. The number of anilines is 3. The Morgan fingerprint density at radius 3 is 1.69 bits per heavy atom. The van der Waals surface area contributed by atoms with Crippen LogP contribution < -0.4 is 4.90 Å². The van der Waals surface area contributed by atoms with Crippen LogP contribution in [0.2, 0.25) is 0 Å². The van der Waals surface area contributed by atoms with Gasteiger partial charge in [0, 0.05) is 31.4 Å². The molecule has 0 aliphatic carbocycles. The Bertz CT molecular complexity index is 2920. The topological polar surface area (TPSA) is 3.24 Å². The molecule has 0 aliphatic rings. The van der Waals surface area contributed by atoms with Gasteiger partial charge in [0.25, 0.3) is 0 Å². The molecule has 0 saturated heterocycles. The van der Waals surface area contributed by atoms with Crippen molar-refractivity contribution >= 4 is 70.1 Å². The van der Waals surface area contributed by atoms with E-state index in [0.29, 0.717) is 0 Å². The molecular weight excluding hydrogens is 647 g/mol. The predicted octanol–water partition coefficient (Wildman–Crippen LogP) is 14.8. The average molecular weight is 680 g/mol. The molecule has 0 N–H and O–H groups in total. The quantitative estimate of drug-likeness (QED) is 0.169. The number of hydrogen-bond acceptors (Lipinski definition) is 2. The van der Waals surface area contributed by atoms with Crippen molar-refractivity contribution in [1.29, 1.82) is 0 Å². The third kappa shape index (κ3) is 5.33. The summed E-state index contributed by atoms with van der Waals surface area (Å²) in [6.07, 6.45) is 0. The van der Waals surface area contributed by atoms with Crippen molar-refractivity contribution in [3.63, 3.8) is 0 Å². The van der Waals surface area contributed by atoms with E-state index in [-0.39, 0.29) is 0 Å². The minimum absolute atomic E-state index is 1.12. The van der Waals surface area contributed by atoms with Gasteiger partial charge in [-0.3, -0.25) is 0 Å². The molecule has 0 radical (unpaired) electrons. The summed E-state index contributed by atoms with van der Waals surface area (Å²) in [6, 6.07) is 73.0. The van der Waals surface area contributed by atoms with Gasteiger partial charge in [0.2, 0.25) is 0 Å². The summed E-state index contributed by atoms with van der Waals surface area (Å²) in [5.74, 6) is 0. The van der Waals surface area contributed by atoms with E-state index in [9.17, 15) is 0 Å². The van der Waals surface area contributed by atoms with Crippen LogP contribution >= 0.6 is 11.3 Å². The highest BCUT2D eigenvalue weighted by Gasteiger charge is 2.21. The van der Waals surface area contributed by atoms with Gasteiger partial charge < -0.3 is 4.90 Å². The summed E-state index contributed by atoms with van der Waals surface area (Å²) in [6.45, 7) is 0. The van der Waals surface area contributed by atoms with Crippen molar-refractivity contribution in [2.24, 2.45) is 0 Å². The summed E-state index contributed by atoms with van der Waals surface area (Å²) in [4.78, 5) is 2.46. The third-order valence-corrected chi connectivity index (χ3v) is 11.3. The van der Waals surface area contributed by atoms with Crippen LogP contribution in [0.3, 0.4) is 0 Å². The van der Waals surface area contributed by atoms with Gasteiger partial charge in [-0.15, -0.1) is 11.3 Å². The normalized spacial score (nSPS) is 11.5. The van der Waals surface area contributed by atoms with E-state index >= 15 is 0 Å². The first kappa shape index (κ1) is 30.4. The fourth-order valence-corrected chi connectivity index (χ4v) is 8.81. The molecule has 2 heteroatoms. The maximum absolute atomic E-state index is 2.46. The molecule has 0 saturated carbocycles. The Labute approximate surface area is 307 Å². The molecule has 0 fully saturated rings. The van der Waals surface area contributed by atoms with Gasteiger partial charge in [0.05, 0.1) is 11.4 Å². The monoisotopic (exact) mass is 679 g/mol. The van der Waals surface area contributed by atoms with Gasteiger partial charge in [-0.1, -0.05) is 146 Å². The van der Waals surface area contributed by atoms with Gasteiger partial charge in [-0.2, -0.15) is 0 Å². The number of rotatable bonds is 6. The molecular formula is C50H33NS. The van der Waals surface area contributed by atoms with Gasteiger partial charge in [-0.25, -0.2) is 0 Å². The minimum Gasteiger partial charge on any atom is -0.309 e. The molecule has 9 aromatic carbocycles. The molecule has 1 aromatic heterocycles. The Kier molecular flexibility index (Phi) is 7.41. The highest BCUT2D eigenvalue weighted by atomic mass is 32.1. The number of hydrogen-bond donors (Lipinski definition) is 0. The second kappa shape index (κ2) is 12.7. The maximum Gasteiger partial charge on any atom is 0.0555 e. The highest BCUT2D eigenvalue weighted by Crippen LogP contribution is 2.47. The van der Waals surface area contributed by atoms with Crippen LogP contribution in [0.15, 0.2) is 200 Å². The number of thiophene rings is 1. The number of fused-ring (bicyclic) bond motifs is 5. The lowest BCUT2D eigenvalue weighted by molar-refractivity contribution is 1.30. The van der Waals surface area contributed by atoms with E-state index in [1.165, 1.54) is 80.8 Å². The van der Waals surface area contributed by atoms with E-state index in [4.69, 9.17) is 0 Å². The molecule has 1 nitrogen and oxygen atoms in total. The molecule has 10 aromatic rings. The van der Waals surface area contributed by atoms with Gasteiger partial charge >= 0.3 is 0 Å². The maximum atomic E-state index is 2.46. The zero-order chi connectivity index (χ0) is 34.4. The van der Waals surface area contributed by atoms with E-state index in [1.807, 2.05) is 11.3 Å². The predicted molar refractivity (Wildman–Crippen MR) is 225 cm³/mol. The summed E-state index contributed by atoms with van der Waals surface area (Å²) < 4.78 is 2.59. The first-order valence-corrected chi connectivity index (χ1v) is 18.6. The van der Waals surface area contributed by atoms with Gasteiger partial charge in [0.15, 0.2) is 0 Å². The van der Waals surface area contributed by atoms with Crippen LogP contribution in [0.5, 0.6) is 0 Å². The van der Waals surface area contributed by atoms with Crippen molar-refractivity contribution in [1.82, 2.24) is 0 Å². The number of nitrogens with zero attached hydrogens (tertiary/aromatic N) is 1. The molecule has 244 valence electrons. The molecule has 0 amide bonds. The van der Waals surface area contributed by atoms with Crippen LogP contribution in [0.1, 0.15) is 0 Å². The van der Waals surface area contributed by atoms with Crippen molar-refractivity contribution < 1.29 is 0 Å². The molecule has 1 heterocycles. The van der Waals surface area contributed by atoms with Crippen molar-refractivity contribution in [2.75, 3.05) is 4.90 Å². The minimum atomic E-state index is 1.12. The van der Waals surface area contributed by atoms with Crippen LogP contribution in [0.4, 0.5) is 17.1 Å². The highest BCUT2D eigenvalue weighted by molar-refractivity contribution is 7.26. The average Bonchev–Trinajstić information content (AvgIpc) is 3.60. The standard InChI is InChI=1S/C50H33NS/c1-2-13-36(14-3-1)44-18-6-8-20-46(44)51(47-21-11-23-49-50(47)45-19-7-9-22-48(45)52-49)43-17-10-16-38(33-43)40-28-25-35-26-29-41(32-42(35)31-40)39-27-24-34-12-4-5-15-37(34)30-39/h1-33H. The number of benzene rings is 9. The molecule has 0 aliphatic heterocycles. The summed E-state index contributed by atoms with van der Waals surface area (Å²) in [7, 11) is 0. The second-order valence-electron chi connectivity index (χ2n) is 13.4. The summed E-state index contributed by atoms with van der Waals surface area (Å²) in [5, 5.41) is 7.55. The SMILES string of the molecule is c1ccc(-c2ccccc2N(c2cccc(-c3ccc4ccc(-c5ccc6ccccc6c5)cc4c3)c2)c2cccc3sc4ccccc4c23)cc1. The van der Waals surface area contributed by atoms with Gasteiger partial charge in [0.1, 0.15) is 0 Å². The molecule has 10 rings (SSSR count). The largest absolute Gasteiger partial charge is 0.309 e. The second-order valence-corrected chi connectivity index (χ2v) is 14.4. The molecule has 0 bridgehead atoms. The lowest BCUT2D eigenvalue weighted by atomic mass is 9.96. The molecule has 0 spiro atoms. The fourth-order valence-electron chi connectivity index (χ4n) is 7.68. The van der Waals surface area contributed by atoms with E-state index in [1.54, 1.807) is 0 Å². The number of para-hydroxylation sites is 1. The van der Waals surface area contributed by atoms with Crippen LogP contribution in [-0.4, -0.2) is 0 Å². The van der Waals surface area contributed by atoms with Gasteiger partial charge in [-0.05, 0) is 104 Å². The Morgan fingerprint density at radius 1 is 0.327 bits per heavy atom. The lowest BCUT2D eigenvalue weighted by Gasteiger charge is -2.29. The Hall–Kier alpha value is -6.48. The van der Waals surface area contributed by atoms with Crippen molar-refractivity contribution in [3.05, 3.63) is 200 Å². The summed E-state index contributed by atoms with van der Waals surface area (Å²) >= 11 is 1.86. The van der Waals surface area contributed by atoms with Crippen LogP contribution in [0, 0.1) is 0 Å². The van der Waals surface area contributed by atoms with E-state index in [0.717, 1.165) is 11.4 Å². The Balaban J connectivity index is 1.14.